The lowest BCUT2D eigenvalue weighted by Crippen LogP contribution is -2.15. The summed E-state index contributed by atoms with van der Waals surface area (Å²) < 4.78 is 18.2. The summed E-state index contributed by atoms with van der Waals surface area (Å²) in [4.78, 5) is 15.7. The topological polar surface area (TPSA) is 38.7 Å². The van der Waals surface area contributed by atoms with Crippen LogP contribution < -0.4 is 0 Å². The zero-order valence-electron chi connectivity index (χ0n) is 9.87. The van der Waals surface area contributed by atoms with Crippen LogP contribution in [0.15, 0.2) is 23.2 Å². The Morgan fingerprint density at radius 3 is 3.00 bits per heavy atom. The number of nitrogens with zero attached hydrogens (tertiary/aromatic N) is 1. The SMILES string of the molecule is CC(C)OC(=O)CC1=NCc2ccc(F)cc21. The fourth-order valence-corrected chi connectivity index (χ4v) is 1.81. The monoisotopic (exact) mass is 235 g/mol. The molecule has 0 saturated carbocycles. The molecule has 0 bridgehead atoms. The molecule has 1 aliphatic rings. The third-order valence-electron chi connectivity index (χ3n) is 2.50. The molecular weight excluding hydrogens is 221 g/mol. The molecular formula is C13H14FNO2. The Morgan fingerprint density at radius 1 is 1.53 bits per heavy atom. The van der Waals surface area contributed by atoms with E-state index in [4.69, 9.17) is 4.74 Å². The molecule has 0 radical (unpaired) electrons. The van der Waals surface area contributed by atoms with Crippen molar-refractivity contribution >= 4 is 11.7 Å². The maximum Gasteiger partial charge on any atom is 0.312 e. The first kappa shape index (κ1) is 11.8. The number of aliphatic imine (C=N–C) groups is 1. The Balaban J connectivity index is 2.11. The van der Waals surface area contributed by atoms with Gasteiger partial charge in [0.2, 0.25) is 0 Å². The maximum absolute atomic E-state index is 13.1. The van der Waals surface area contributed by atoms with Gasteiger partial charge in [0.05, 0.1) is 24.8 Å². The molecule has 0 atom stereocenters. The molecule has 17 heavy (non-hydrogen) atoms. The second-order valence-electron chi connectivity index (χ2n) is 4.28. The molecule has 1 aromatic carbocycles. The summed E-state index contributed by atoms with van der Waals surface area (Å²) in [5, 5.41) is 0. The lowest BCUT2D eigenvalue weighted by molar-refractivity contribution is -0.145. The highest BCUT2D eigenvalue weighted by Crippen LogP contribution is 2.21. The highest BCUT2D eigenvalue weighted by atomic mass is 19.1. The number of esters is 1. The van der Waals surface area contributed by atoms with Gasteiger partial charge in [-0.05, 0) is 31.5 Å². The van der Waals surface area contributed by atoms with Gasteiger partial charge >= 0.3 is 5.97 Å². The predicted octanol–water partition coefficient (Wildman–Crippen LogP) is 2.47. The number of hydrogen-bond donors (Lipinski definition) is 0. The van der Waals surface area contributed by atoms with E-state index in [1.165, 1.54) is 12.1 Å². The Labute approximate surface area is 99.3 Å². The van der Waals surface area contributed by atoms with Crippen LogP contribution in [0.3, 0.4) is 0 Å². The normalized spacial score (nSPS) is 13.5. The first-order chi connectivity index (χ1) is 8.06. The molecule has 0 aromatic heterocycles. The van der Waals surface area contributed by atoms with Gasteiger partial charge in [-0.3, -0.25) is 9.79 Å². The minimum Gasteiger partial charge on any atom is -0.463 e. The Hall–Kier alpha value is -1.71. The van der Waals surface area contributed by atoms with Crippen LogP contribution in [0.5, 0.6) is 0 Å². The number of fused-ring (bicyclic) bond motifs is 1. The van der Waals surface area contributed by atoms with E-state index in [0.717, 1.165) is 11.1 Å². The number of carbonyl (C=O) groups excluding carboxylic acids is 1. The molecule has 1 aliphatic heterocycles. The van der Waals surface area contributed by atoms with Crippen molar-refractivity contribution in [3.8, 4) is 0 Å². The van der Waals surface area contributed by atoms with E-state index in [-0.39, 0.29) is 24.3 Å². The Bertz CT molecular complexity index is 480. The van der Waals surface area contributed by atoms with Gasteiger partial charge in [-0.1, -0.05) is 6.07 Å². The van der Waals surface area contributed by atoms with E-state index in [2.05, 4.69) is 4.99 Å². The number of ether oxygens (including phenoxy) is 1. The van der Waals surface area contributed by atoms with E-state index in [1.807, 2.05) is 0 Å². The van der Waals surface area contributed by atoms with E-state index < -0.39 is 0 Å². The molecule has 4 heteroatoms. The van der Waals surface area contributed by atoms with Gasteiger partial charge in [0.1, 0.15) is 5.82 Å². The van der Waals surface area contributed by atoms with Gasteiger partial charge < -0.3 is 4.74 Å². The lowest BCUT2D eigenvalue weighted by Gasteiger charge is -2.08. The van der Waals surface area contributed by atoms with E-state index in [0.29, 0.717) is 12.3 Å². The highest BCUT2D eigenvalue weighted by Gasteiger charge is 2.20. The summed E-state index contributed by atoms with van der Waals surface area (Å²) in [7, 11) is 0. The smallest absolute Gasteiger partial charge is 0.312 e. The van der Waals surface area contributed by atoms with Gasteiger partial charge in [0.25, 0.3) is 0 Å². The molecule has 90 valence electrons. The van der Waals surface area contributed by atoms with Crippen molar-refractivity contribution in [1.29, 1.82) is 0 Å². The van der Waals surface area contributed by atoms with E-state index >= 15 is 0 Å². The van der Waals surface area contributed by atoms with Crippen molar-refractivity contribution in [2.24, 2.45) is 4.99 Å². The highest BCUT2D eigenvalue weighted by molar-refractivity contribution is 6.11. The van der Waals surface area contributed by atoms with Crippen molar-refractivity contribution < 1.29 is 13.9 Å². The van der Waals surface area contributed by atoms with Crippen LogP contribution in [-0.2, 0) is 16.1 Å². The van der Waals surface area contributed by atoms with Crippen LogP contribution >= 0.6 is 0 Å². The van der Waals surface area contributed by atoms with E-state index in [1.54, 1.807) is 19.9 Å². The van der Waals surface area contributed by atoms with Gasteiger partial charge in [-0.2, -0.15) is 0 Å². The van der Waals surface area contributed by atoms with Gasteiger partial charge in [0, 0.05) is 5.56 Å². The molecule has 0 amide bonds. The van der Waals surface area contributed by atoms with Crippen molar-refractivity contribution in [1.82, 2.24) is 0 Å². The summed E-state index contributed by atoms with van der Waals surface area (Å²) in [6.07, 6.45) is -0.0364. The zero-order chi connectivity index (χ0) is 12.4. The first-order valence-electron chi connectivity index (χ1n) is 5.58. The van der Waals surface area contributed by atoms with Gasteiger partial charge in [0.15, 0.2) is 0 Å². The van der Waals surface area contributed by atoms with Crippen molar-refractivity contribution in [2.45, 2.75) is 32.9 Å². The largest absolute Gasteiger partial charge is 0.463 e. The standard InChI is InChI=1S/C13H14FNO2/c1-8(2)17-13(16)6-12-11-5-10(14)4-3-9(11)7-15-12/h3-5,8H,6-7H2,1-2H3. The van der Waals surface area contributed by atoms with Crippen LogP contribution in [0, 0.1) is 5.82 Å². The first-order valence-corrected chi connectivity index (χ1v) is 5.58. The van der Waals surface area contributed by atoms with Crippen molar-refractivity contribution in [2.75, 3.05) is 0 Å². The summed E-state index contributed by atoms with van der Waals surface area (Å²) >= 11 is 0. The van der Waals surface area contributed by atoms with Crippen LogP contribution in [-0.4, -0.2) is 17.8 Å². The Morgan fingerprint density at radius 2 is 2.29 bits per heavy atom. The quantitative estimate of drug-likeness (QED) is 0.755. The maximum atomic E-state index is 13.1. The van der Waals surface area contributed by atoms with Crippen LogP contribution in [0.4, 0.5) is 4.39 Å². The third kappa shape index (κ3) is 2.70. The van der Waals surface area contributed by atoms with Crippen LogP contribution in [0.1, 0.15) is 31.4 Å². The summed E-state index contributed by atoms with van der Waals surface area (Å²) in [5.74, 6) is -0.633. The molecule has 3 nitrogen and oxygen atoms in total. The number of benzene rings is 1. The molecule has 0 fully saturated rings. The fraction of sp³-hybridized carbons (Fsp3) is 0.385. The molecule has 1 aromatic rings. The number of halogens is 1. The molecule has 1 heterocycles. The minimum atomic E-state index is -0.323. The number of hydrogen-bond acceptors (Lipinski definition) is 3. The number of carbonyl (C=O) groups is 1. The van der Waals surface area contributed by atoms with Crippen molar-refractivity contribution in [3.63, 3.8) is 0 Å². The van der Waals surface area contributed by atoms with Gasteiger partial charge in [-0.15, -0.1) is 0 Å². The summed E-state index contributed by atoms with van der Waals surface area (Å²) in [5.41, 5.74) is 2.30. The molecule has 0 aliphatic carbocycles. The molecule has 0 N–H and O–H groups in total. The average molecular weight is 235 g/mol. The molecule has 0 unspecified atom stereocenters. The predicted molar refractivity (Wildman–Crippen MR) is 62.5 cm³/mol. The Kier molecular flexibility index (Phi) is 3.22. The van der Waals surface area contributed by atoms with Crippen molar-refractivity contribution in [3.05, 3.63) is 35.1 Å². The van der Waals surface area contributed by atoms with Crippen LogP contribution in [0.25, 0.3) is 0 Å². The second kappa shape index (κ2) is 4.65. The molecule has 2 rings (SSSR count). The van der Waals surface area contributed by atoms with Gasteiger partial charge in [-0.25, -0.2) is 4.39 Å². The lowest BCUT2D eigenvalue weighted by atomic mass is 10.0. The fourth-order valence-electron chi connectivity index (χ4n) is 1.81. The molecule has 0 spiro atoms. The zero-order valence-corrected chi connectivity index (χ0v) is 9.87. The minimum absolute atomic E-state index is 0.106. The summed E-state index contributed by atoms with van der Waals surface area (Å²) in [6.45, 7) is 4.10. The third-order valence-corrected chi connectivity index (χ3v) is 2.50. The summed E-state index contributed by atoms with van der Waals surface area (Å²) in [6, 6.07) is 4.53. The van der Waals surface area contributed by atoms with Crippen LogP contribution in [0.2, 0.25) is 0 Å². The molecule has 0 saturated heterocycles. The van der Waals surface area contributed by atoms with E-state index in [9.17, 15) is 9.18 Å². The number of rotatable bonds is 3. The average Bonchev–Trinajstić information content (AvgIpc) is 2.60. The second-order valence-corrected chi connectivity index (χ2v) is 4.28.